The molecule has 0 aromatic heterocycles. The molecule has 0 saturated heterocycles. The summed E-state index contributed by atoms with van der Waals surface area (Å²) in [6, 6.07) is 0. The molecule has 0 aliphatic heterocycles. The Kier molecular flexibility index (Phi) is 13.4. The van der Waals surface area contributed by atoms with Gasteiger partial charge in [0, 0.05) is 10.8 Å². The van der Waals surface area contributed by atoms with Crippen LogP contribution in [0.1, 0.15) is 55.4 Å². The molecule has 0 rings (SSSR count). The molecule has 0 unspecified atom stereocenters. The second-order valence-electron chi connectivity index (χ2n) is 9.96. The Morgan fingerprint density at radius 2 is 0.931 bits per heavy atom. The van der Waals surface area contributed by atoms with E-state index in [9.17, 15) is 9.59 Å². The van der Waals surface area contributed by atoms with Crippen molar-refractivity contribution in [3.05, 3.63) is 0 Å². The molecule has 172 valence electrons. The second kappa shape index (κ2) is 13.9. The van der Waals surface area contributed by atoms with Gasteiger partial charge in [-0.15, -0.1) is 0 Å². The van der Waals surface area contributed by atoms with Gasteiger partial charge in [0.25, 0.3) is 0 Å². The summed E-state index contributed by atoms with van der Waals surface area (Å²) in [5, 5.41) is 0. The van der Waals surface area contributed by atoms with Crippen LogP contribution in [0.5, 0.6) is 0 Å². The van der Waals surface area contributed by atoms with Crippen LogP contribution in [-0.4, -0.2) is 64.8 Å². The van der Waals surface area contributed by atoms with Gasteiger partial charge in [-0.05, 0) is 11.8 Å². The molecule has 0 aromatic carbocycles. The quantitative estimate of drug-likeness (QED) is 0.355. The number of rotatable bonds is 16. The molecule has 0 saturated carbocycles. The largest absolute Gasteiger partial charge is 0.464 e. The average molecular weight is 419 g/mol. The van der Waals surface area contributed by atoms with Crippen LogP contribution in [0.3, 0.4) is 0 Å². The molecule has 0 fully saturated rings. The lowest BCUT2D eigenvalue weighted by Crippen LogP contribution is -2.32. The molecule has 0 N–H and O–H groups in total. The van der Waals surface area contributed by atoms with Gasteiger partial charge in [0.15, 0.2) is 0 Å². The fourth-order valence-electron chi connectivity index (χ4n) is 2.11. The maximum absolute atomic E-state index is 11.6. The molecular formula is C22H42O7. The summed E-state index contributed by atoms with van der Waals surface area (Å²) >= 11 is 0. The minimum atomic E-state index is -0.347. The molecular weight excluding hydrogens is 376 g/mol. The van der Waals surface area contributed by atoms with Gasteiger partial charge in [0.05, 0.1) is 39.6 Å². The van der Waals surface area contributed by atoms with Gasteiger partial charge in [-0.2, -0.15) is 0 Å². The van der Waals surface area contributed by atoms with Crippen molar-refractivity contribution in [2.45, 2.75) is 55.4 Å². The van der Waals surface area contributed by atoms with Gasteiger partial charge >= 0.3 is 11.9 Å². The smallest absolute Gasteiger partial charge is 0.332 e. The molecule has 0 aliphatic carbocycles. The minimum Gasteiger partial charge on any atom is -0.464 e. The van der Waals surface area contributed by atoms with E-state index in [2.05, 4.69) is 0 Å². The predicted octanol–water partition coefficient (Wildman–Crippen LogP) is 3.49. The van der Waals surface area contributed by atoms with Gasteiger partial charge in [0.2, 0.25) is 0 Å². The third-order valence-electron chi connectivity index (χ3n) is 3.57. The molecule has 7 nitrogen and oxygen atoms in total. The molecule has 0 aromatic rings. The summed E-state index contributed by atoms with van der Waals surface area (Å²) in [4.78, 5) is 23.2. The van der Waals surface area contributed by atoms with Crippen molar-refractivity contribution in [1.29, 1.82) is 0 Å². The third-order valence-corrected chi connectivity index (χ3v) is 3.57. The molecule has 0 atom stereocenters. The minimum absolute atomic E-state index is 0.0532. The monoisotopic (exact) mass is 418 g/mol. The Hall–Kier alpha value is -1.18. The van der Waals surface area contributed by atoms with Crippen molar-refractivity contribution in [3.63, 3.8) is 0 Å². The molecule has 0 spiro atoms. The van der Waals surface area contributed by atoms with Crippen LogP contribution in [0.2, 0.25) is 0 Å². The van der Waals surface area contributed by atoms with E-state index in [1.165, 1.54) is 0 Å². The van der Waals surface area contributed by atoms with Gasteiger partial charge in [-0.1, -0.05) is 55.4 Å². The van der Waals surface area contributed by atoms with Crippen LogP contribution in [0.25, 0.3) is 0 Å². The van der Waals surface area contributed by atoms with Crippen molar-refractivity contribution in [2.75, 3.05) is 52.9 Å². The lowest BCUT2D eigenvalue weighted by Gasteiger charge is -2.28. The molecule has 0 amide bonds. The highest BCUT2D eigenvalue weighted by Crippen LogP contribution is 2.20. The maximum Gasteiger partial charge on any atom is 0.332 e. The molecule has 29 heavy (non-hydrogen) atoms. The van der Waals surface area contributed by atoms with Crippen LogP contribution >= 0.6 is 0 Å². The van der Waals surface area contributed by atoms with E-state index >= 15 is 0 Å². The van der Waals surface area contributed by atoms with E-state index in [0.717, 1.165) is 0 Å². The number of carbonyl (C=O) groups is 2. The first-order valence-electron chi connectivity index (χ1n) is 10.4. The highest BCUT2D eigenvalue weighted by Gasteiger charge is 2.24. The molecule has 7 heteroatoms. The highest BCUT2D eigenvalue weighted by molar-refractivity contribution is 5.70. The van der Waals surface area contributed by atoms with Crippen LogP contribution in [0.4, 0.5) is 0 Å². The average Bonchev–Trinajstić information content (AvgIpc) is 2.57. The first-order chi connectivity index (χ1) is 13.3. The van der Waals surface area contributed by atoms with E-state index in [4.69, 9.17) is 23.7 Å². The summed E-state index contributed by atoms with van der Waals surface area (Å²) in [5.41, 5.74) is -0.480. The van der Waals surface area contributed by atoms with E-state index in [1.807, 2.05) is 55.4 Å². The van der Waals surface area contributed by atoms with Crippen molar-refractivity contribution >= 4 is 11.9 Å². The number of esters is 2. The van der Waals surface area contributed by atoms with Crippen molar-refractivity contribution < 1.29 is 33.3 Å². The molecule has 0 radical (unpaired) electrons. The van der Waals surface area contributed by atoms with Crippen LogP contribution in [0.15, 0.2) is 0 Å². The molecule has 0 bridgehead atoms. The van der Waals surface area contributed by atoms with Gasteiger partial charge in [-0.3, -0.25) is 0 Å². The Bertz CT molecular complexity index is 428. The summed E-state index contributed by atoms with van der Waals surface area (Å²) in [7, 11) is 0. The fourth-order valence-corrected chi connectivity index (χ4v) is 2.11. The number of carbonyl (C=O) groups excluding carboxylic acids is 2. The zero-order valence-corrected chi connectivity index (χ0v) is 19.7. The number of ether oxygens (including phenoxy) is 5. The van der Waals surface area contributed by atoms with E-state index < -0.39 is 0 Å². The summed E-state index contributed by atoms with van der Waals surface area (Å²) in [6.45, 7) is 18.4. The zero-order valence-electron chi connectivity index (χ0n) is 19.7. The summed E-state index contributed by atoms with van der Waals surface area (Å²) < 4.78 is 27.0. The van der Waals surface area contributed by atoms with Crippen molar-refractivity contribution in [2.24, 2.45) is 22.7 Å². The standard InChI is InChI=1S/C22H42O7/c1-17(2)9-28-19(23)11-25-13-21(5,6)15-27-16-22(7,8)14-26-12-20(24)29-10-18(3)4/h17-18H,9-16H2,1-8H3. The Labute approximate surface area is 176 Å². The highest BCUT2D eigenvalue weighted by atomic mass is 16.6. The van der Waals surface area contributed by atoms with Gasteiger partial charge in [0.1, 0.15) is 13.2 Å². The zero-order chi connectivity index (χ0) is 22.5. The maximum atomic E-state index is 11.6. The van der Waals surface area contributed by atoms with E-state index in [1.54, 1.807) is 0 Å². The topological polar surface area (TPSA) is 80.3 Å². The van der Waals surface area contributed by atoms with Crippen LogP contribution < -0.4 is 0 Å². The lowest BCUT2D eigenvalue weighted by molar-refractivity contribution is -0.151. The second-order valence-corrected chi connectivity index (χ2v) is 9.96. The van der Waals surface area contributed by atoms with Crippen LogP contribution in [-0.2, 0) is 33.3 Å². The van der Waals surface area contributed by atoms with Crippen molar-refractivity contribution in [3.8, 4) is 0 Å². The number of hydrogen-bond donors (Lipinski definition) is 0. The SMILES string of the molecule is CC(C)COC(=O)COCC(C)(C)COCC(C)(C)COCC(=O)OCC(C)C. The summed E-state index contributed by atoms with van der Waals surface area (Å²) in [5.74, 6) is -0.0788. The number of hydrogen-bond acceptors (Lipinski definition) is 7. The van der Waals surface area contributed by atoms with Crippen molar-refractivity contribution in [1.82, 2.24) is 0 Å². The predicted molar refractivity (Wildman–Crippen MR) is 112 cm³/mol. The van der Waals surface area contributed by atoms with Gasteiger partial charge in [-0.25, -0.2) is 9.59 Å². The molecule has 0 heterocycles. The normalized spacial score (nSPS) is 12.5. The van der Waals surface area contributed by atoms with Gasteiger partial charge < -0.3 is 23.7 Å². The van der Waals surface area contributed by atoms with E-state index in [-0.39, 0.29) is 36.0 Å². The van der Waals surface area contributed by atoms with E-state index in [0.29, 0.717) is 51.5 Å². The third kappa shape index (κ3) is 17.4. The first kappa shape index (κ1) is 27.8. The first-order valence-corrected chi connectivity index (χ1v) is 10.4. The lowest BCUT2D eigenvalue weighted by atomic mass is 9.94. The summed E-state index contributed by atoms with van der Waals surface area (Å²) in [6.07, 6.45) is 0. The Balaban J connectivity index is 3.99. The fraction of sp³-hybridized carbons (Fsp3) is 0.909. The Morgan fingerprint density at radius 1 is 0.621 bits per heavy atom. The van der Waals surface area contributed by atoms with Crippen LogP contribution in [0, 0.1) is 22.7 Å². The molecule has 0 aliphatic rings. The Morgan fingerprint density at radius 3 is 1.24 bits per heavy atom.